The summed E-state index contributed by atoms with van der Waals surface area (Å²) in [5.74, 6) is 7.48. The maximum atomic E-state index is 5.98. The van der Waals surface area contributed by atoms with Crippen molar-refractivity contribution in [1.29, 1.82) is 0 Å². The number of aromatic nitrogens is 5. The van der Waals surface area contributed by atoms with Gasteiger partial charge >= 0.3 is 0 Å². The van der Waals surface area contributed by atoms with E-state index < -0.39 is 0 Å². The Hall–Kier alpha value is -2.55. The second kappa shape index (κ2) is 5.83. The molecule has 3 heterocycles. The highest BCUT2D eigenvalue weighted by atomic mass is 32.2. The molecule has 0 radical (unpaired) electrons. The molecule has 3 rings (SSSR count). The van der Waals surface area contributed by atoms with Gasteiger partial charge in [0.1, 0.15) is 11.4 Å². The second-order valence-electron chi connectivity index (χ2n) is 3.88. The average Bonchev–Trinajstić information content (AvgIpc) is 3.11. The SMILES string of the molecule is CCOc1cc(Sc2nnc(-c3ccco3)n2N)ncn1. The Morgan fingerprint density at radius 1 is 1.38 bits per heavy atom. The Labute approximate surface area is 124 Å². The summed E-state index contributed by atoms with van der Waals surface area (Å²) in [6, 6.07) is 5.24. The molecule has 0 aliphatic rings. The van der Waals surface area contributed by atoms with E-state index in [4.69, 9.17) is 15.0 Å². The molecule has 21 heavy (non-hydrogen) atoms. The molecule has 0 aliphatic heterocycles. The molecule has 0 atom stereocenters. The molecule has 0 amide bonds. The van der Waals surface area contributed by atoms with Gasteiger partial charge in [-0.3, -0.25) is 0 Å². The van der Waals surface area contributed by atoms with Crippen molar-refractivity contribution in [2.45, 2.75) is 17.1 Å². The lowest BCUT2D eigenvalue weighted by Crippen LogP contribution is -2.11. The molecule has 0 aromatic carbocycles. The highest BCUT2D eigenvalue weighted by Crippen LogP contribution is 2.27. The first-order chi connectivity index (χ1) is 10.3. The van der Waals surface area contributed by atoms with Crippen molar-refractivity contribution in [2.24, 2.45) is 0 Å². The van der Waals surface area contributed by atoms with Crippen LogP contribution in [0.2, 0.25) is 0 Å². The summed E-state index contributed by atoms with van der Waals surface area (Å²) < 4.78 is 11.9. The van der Waals surface area contributed by atoms with E-state index >= 15 is 0 Å². The van der Waals surface area contributed by atoms with Crippen molar-refractivity contribution in [3.63, 3.8) is 0 Å². The van der Waals surface area contributed by atoms with Gasteiger partial charge in [0.15, 0.2) is 5.76 Å². The van der Waals surface area contributed by atoms with Gasteiger partial charge in [-0.2, -0.15) is 0 Å². The molecule has 0 saturated carbocycles. The smallest absolute Gasteiger partial charge is 0.218 e. The van der Waals surface area contributed by atoms with Crippen molar-refractivity contribution in [1.82, 2.24) is 24.8 Å². The number of hydrogen-bond acceptors (Lipinski definition) is 8. The van der Waals surface area contributed by atoms with E-state index in [2.05, 4.69) is 20.2 Å². The normalized spacial score (nSPS) is 10.7. The number of nitrogen functional groups attached to an aromatic ring is 1. The van der Waals surface area contributed by atoms with E-state index in [-0.39, 0.29) is 0 Å². The molecular weight excluding hydrogens is 292 g/mol. The van der Waals surface area contributed by atoms with Gasteiger partial charge in [0.05, 0.1) is 12.9 Å². The molecule has 0 bridgehead atoms. The minimum absolute atomic E-state index is 0.446. The van der Waals surface area contributed by atoms with E-state index in [1.54, 1.807) is 24.5 Å². The van der Waals surface area contributed by atoms with E-state index in [1.807, 2.05) is 6.92 Å². The Morgan fingerprint density at radius 3 is 3.05 bits per heavy atom. The summed E-state index contributed by atoms with van der Waals surface area (Å²) in [7, 11) is 0. The topological polar surface area (TPSA) is 105 Å². The minimum atomic E-state index is 0.446. The zero-order chi connectivity index (χ0) is 14.7. The molecule has 0 saturated heterocycles. The zero-order valence-corrected chi connectivity index (χ0v) is 11.9. The van der Waals surface area contributed by atoms with Gasteiger partial charge in [0.25, 0.3) is 0 Å². The first-order valence-electron chi connectivity index (χ1n) is 6.15. The maximum Gasteiger partial charge on any atom is 0.218 e. The van der Waals surface area contributed by atoms with Crippen LogP contribution in [0, 0.1) is 0 Å². The molecule has 2 N–H and O–H groups in total. The lowest BCUT2D eigenvalue weighted by Gasteiger charge is -2.04. The van der Waals surface area contributed by atoms with Crippen LogP contribution < -0.4 is 10.6 Å². The summed E-state index contributed by atoms with van der Waals surface area (Å²) >= 11 is 1.26. The average molecular weight is 304 g/mol. The molecule has 0 unspecified atom stereocenters. The first kappa shape index (κ1) is 13.4. The second-order valence-corrected chi connectivity index (χ2v) is 4.87. The fourth-order valence-electron chi connectivity index (χ4n) is 1.62. The van der Waals surface area contributed by atoms with Crippen molar-refractivity contribution in [3.8, 4) is 17.5 Å². The third kappa shape index (κ3) is 2.82. The van der Waals surface area contributed by atoms with Gasteiger partial charge in [-0.25, -0.2) is 14.6 Å². The standard InChI is InChI=1S/C12H12N6O2S/c1-2-19-9-6-10(15-7-14-9)21-12-17-16-11(18(12)13)8-4-3-5-20-8/h3-7H,2,13H2,1H3. The van der Waals surface area contributed by atoms with E-state index in [1.165, 1.54) is 22.8 Å². The van der Waals surface area contributed by atoms with Crippen molar-refractivity contribution in [2.75, 3.05) is 12.4 Å². The summed E-state index contributed by atoms with van der Waals surface area (Å²) in [4.78, 5) is 8.15. The number of nitrogens with two attached hydrogens (primary N) is 1. The van der Waals surface area contributed by atoms with Crippen LogP contribution >= 0.6 is 11.8 Å². The molecule has 0 aliphatic carbocycles. The molecule has 0 fully saturated rings. The minimum Gasteiger partial charge on any atom is -0.478 e. The molecule has 108 valence electrons. The van der Waals surface area contributed by atoms with Crippen LogP contribution in [0.4, 0.5) is 0 Å². The van der Waals surface area contributed by atoms with Gasteiger partial charge in [-0.15, -0.1) is 10.2 Å². The quantitative estimate of drug-likeness (QED) is 0.559. The Morgan fingerprint density at radius 2 is 2.29 bits per heavy atom. The highest BCUT2D eigenvalue weighted by Gasteiger charge is 2.15. The van der Waals surface area contributed by atoms with Gasteiger partial charge in [0.2, 0.25) is 16.9 Å². The number of rotatable bonds is 5. The van der Waals surface area contributed by atoms with Crippen molar-refractivity contribution < 1.29 is 9.15 Å². The van der Waals surface area contributed by atoms with Gasteiger partial charge in [-0.1, -0.05) is 0 Å². The van der Waals surface area contributed by atoms with Crippen LogP contribution in [0.5, 0.6) is 5.88 Å². The summed E-state index contributed by atoms with van der Waals surface area (Å²) in [6.07, 6.45) is 2.98. The van der Waals surface area contributed by atoms with Crippen LogP contribution in [0.1, 0.15) is 6.92 Å². The Kier molecular flexibility index (Phi) is 3.73. The van der Waals surface area contributed by atoms with Crippen molar-refractivity contribution in [3.05, 3.63) is 30.8 Å². The largest absolute Gasteiger partial charge is 0.478 e. The number of ether oxygens (including phenoxy) is 1. The molecule has 3 aromatic heterocycles. The molecular formula is C12H12N6O2S. The molecule has 9 heteroatoms. The highest BCUT2D eigenvalue weighted by molar-refractivity contribution is 7.99. The number of hydrogen-bond donors (Lipinski definition) is 1. The maximum absolute atomic E-state index is 5.98. The van der Waals surface area contributed by atoms with Crippen LogP contribution in [0.15, 0.2) is 45.4 Å². The van der Waals surface area contributed by atoms with Gasteiger partial charge in [0, 0.05) is 6.07 Å². The lowest BCUT2D eigenvalue weighted by atomic mass is 10.4. The third-order valence-corrected chi connectivity index (χ3v) is 3.40. The first-order valence-corrected chi connectivity index (χ1v) is 6.96. The fourth-order valence-corrected chi connectivity index (χ4v) is 2.33. The number of nitrogens with zero attached hydrogens (tertiary/aromatic N) is 5. The van der Waals surface area contributed by atoms with Crippen molar-refractivity contribution >= 4 is 11.8 Å². The van der Waals surface area contributed by atoms with Crippen LogP contribution in [0.3, 0.4) is 0 Å². The summed E-state index contributed by atoms with van der Waals surface area (Å²) in [5, 5.41) is 9.20. The molecule has 8 nitrogen and oxygen atoms in total. The van der Waals surface area contributed by atoms with Gasteiger partial charge in [-0.05, 0) is 30.8 Å². The van der Waals surface area contributed by atoms with Crippen LogP contribution in [-0.4, -0.2) is 31.4 Å². The Bertz CT molecular complexity index is 727. The lowest BCUT2D eigenvalue weighted by molar-refractivity contribution is 0.324. The predicted molar refractivity (Wildman–Crippen MR) is 75.2 cm³/mol. The van der Waals surface area contributed by atoms with Gasteiger partial charge < -0.3 is 15.0 Å². The monoisotopic (exact) mass is 304 g/mol. The molecule has 0 spiro atoms. The van der Waals surface area contributed by atoms with E-state index in [0.717, 1.165) is 0 Å². The Balaban J connectivity index is 1.84. The van der Waals surface area contributed by atoms with Crippen LogP contribution in [0.25, 0.3) is 11.6 Å². The third-order valence-electron chi connectivity index (χ3n) is 2.51. The van der Waals surface area contributed by atoms with Crippen LogP contribution in [-0.2, 0) is 0 Å². The zero-order valence-electron chi connectivity index (χ0n) is 11.1. The summed E-state index contributed by atoms with van der Waals surface area (Å²) in [6.45, 7) is 2.43. The van der Waals surface area contributed by atoms with E-state index in [9.17, 15) is 0 Å². The molecule has 3 aromatic rings. The van der Waals surface area contributed by atoms with E-state index in [0.29, 0.717) is 34.3 Å². The fraction of sp³-hybridized carbons (Fsp3) is 0.167. The predicted octanol–water partition coefficient (Wildman–Crippen LogP) is 1.59. The number of furan rings is 1. The summed E-state index contributed by atoms with van der Waals surface area (Å²) in [5.41, 5.74) is 0.